The van der Waals surface area contributed by atoms with Crippen LogP contribution in [0.15, 0.2) is 23.1 Å². The number of aromatic amines is 1. The predicted molar refractivity (Wildman–Crippen MR) is 93.2 cm³/mol. The van der Waals surface area contributed by atoms with Crippen LogP contribution in [0.5, 0.6) is 5.75 Å². The number of rotatable bonds is 5. The number of sulfonamides is 1. The van der Waals surface area contributed by atoms with Gasteiger partial charge in [-0.15, -0.1) is 0 Å². The molecule has 1 aromatic heterocycles. The van der Waals surface area contributed by atoms with Gasteiger partial charge in [-0.1, -0.05) is 18.6 Å². The van der Waals surface area contributed by atoms with Gasteiger partial charge in [-0.3, -0.25) is 5.10 Å². The Balaban J connectivity index is 1.70. The zero-order valence-corrected chi connectivity index (χ0v) is 15.5. The molecule has 1 unspecified atom stereocenters. The van der Waals surface area contributed by atoms with Gasteiger partial charge in [-0.2, -0.15) is 9.40 Å². The number of nitrogens with zero attached hydrogens (tertiary/aromatic N) is 3. The average molecular weight is 378 g/mol. The van der Waals surface area contributed by atoms with Gasteiger partial charge in [0, 0.05) is 20.1 Å². The first-order chi connectivity index (χ1) is 12.6. The Hall–Kier alpha value is -1.97. The van der Waals surface area contributed by atoms with E-state index >= 15 is 0 Å². The zero-order valence-electron chi connectivity index (χ0n) is 14.6. The molecule has 1 saturated heterocycles. The highest BCUT2D eigenvalue weighted by molar-refractivity contribution is 7.89. The zero-order chi connectivity index (χ0) is 18.1. The number of hydrogen-bond donors (Lipinski definition) is 1. The van der Waals surface area contributed by atoms with E-state index in [9.17, 15) is 8.42 Å². The Morgan fingerprint density at radius 1 is 1.38 bits per heavy atom. The van der Waals surface area contributed by atoms with Crippen LogP contribution in [0.3, 0.4) is 0 Å². The van der Waals surface area contributed by atoms with Crippen molar-refractivity contribution < 1.29 is 17.9 Å². The molecule has 9 heteroatoms. The molecule has 2 aromatic rings. The van der Waals surface area contributed by atoms with Gasteiger partial charge in [-0.25, -0.2) is 13.4 Å². The third-order valence-corrected chi connectivity index (χ3v) is 6.78. The lowest BCUT2D eigenvalue weighted by atomic mass is 10.0. The van der Waals surface area contributed by atoms with Gasteiger partial charge in [0.05, 0.1) is 12.6 Å². The molecule has 0 saturated carbocycles. The summed E-state index contributed by atoms with van der Waals surface area (Å²) >= 11 is 0. The number of para-hydroxylation sites is 1. The molecule has 140 valence electrons. The molecule has 0 amide bonds. The number of nitrogens with one attached hydrogen (secondary N) is 1. The van der Waals surface area contributed by atoms with E-state index in [4.69, 9.17) is 9.47 Å². The fraction of sp³-hybridized carbons (Fsp3) is 0.529. The molecule has 0 bridgehead atoms. The molecule has 4 rings (SSSR count). The summed E-state index contributed by atoms with van der Waals surface area (Å²) in [6.45, 7) is 1.28. The maximum Gasteiger partial charge on any atom is 0.247 e. The Kier molecular flexibility index (Phi) is 4.68. The van der Waals surface area contributed by atoms with Crippen LogP contribution in [-0.2, 0) is 27.8 Å². The first-order valence-electron chi connectivity index (χ1n) is 8.78. The van der Waals surface area contributed by atoms with Crippen LogP contribution in [0, 0.1) is 0 Å². The molecular weight excluding hydrogens is 356 g/mol. The highest BCUT2D eigenvalue weighted by atomic mass is 32.2. The van der Waals surface area contributed by atoms with Crippen molar-refractivity contribution in [1.82, 2.24) is 19.5 Å². The third-order valence-electron chi connectivity index (χ3n) is 4.85. The average Bonchev–Trinajstić information content (AvgIpc) is 3.31. The standard InChI is InChI=1S/C17H22N4O4S/c1-24-11-15-18-17(20-19-15)13-6-2-3-9-21(13)26(22,23)14-7-4-5-12-8-10-25-16(12)14/h4-5,7,13H,2-3,6,8-11H2,1H3,(H,18,19,20). The van der Waals surface area contributed by atoms with Crippen molar-refractivity contribution in [2.75, 3.05) is 20.3 Å². The van der Waals surface area contributed by atoms with Gasteiger partial charge >= 0.3 is 0 Å². The quantitative estimate of drug-likeness (QED) is 0.852. The van der Waals surface area contributed by atoms with E-state index in [0.717, 1.165) is 24.8 Å². The SMILES string of the molecule is COCc1nc(C2CCCCN2S(=O)(=O)c2cccc3c2OCC3)n[nH]1. The number of H-pyrrole nitrogens is 1. The second-order valence-corrected chi connectivity index (χ2v) is 8.40. The number of piperidine rings is 1. The second kappa shape index (κ2) is 6.98. The Labute approximate surface area is 152 Å². The molecule has 8 nitrogen and oxygen atoms in total. The molecule has 0 spiro atoms. The lowest BCUT2D eigenvalue weighted by Crippen LogP contribution is -2.39. The van der Waals surface area contributed by atoms with Crippen molar-refractivity contribution in [2.45, 2.75) is 43.2 Å². The Morgan fingerprint density at radius 3 is 3.12 bits per heavy atom. The van der Waals surface area contributed by atoms with Crippen LogP contribution < -0.4 is 4.74 Å². The number of fused-ring (bicyclic) bond motifs is 1. The van der Waals surface area contributed by atoms with Crippen LogP contribution in [0.4, 0.5) is 0 Å². The van der Waals surface area contributed by atoms with Crippen molar-refractivity contribution in [3.05, 3.63) is 35.4 Å². The van der Waals surface area contributed by atoms with Crippen molar-refractivity contribution in [3.8, 4) is 5.75 Å². The maximum atomic E-state index is 13.4. The largest absolute Gasteiger partial charge is 0.492 e. The van der Waals surface area contributed by atoms with E-state index in [1.54, 1.807) is 19.2 Å². The summed E-state index contributed by atoms with van der Waals surface area (Å²) < 4.78 is 39.0. The van der Waals surface area contributed by atoms with Crippen molar-refractivity contribution >= 4 is 10.0 Å². The highest BCUT2D eigenvalue weighted by Gasteiger charge is 2.39. The number of aromatic nitrogens is 3. The smallest absolute Gasteiger partial charge is 0.247 e. The van der Waals surface area contributed by atoms with Gasteiger partial charge in [0.1, 0.15) is 17.3 Å². The summed E-state index contributed by atoms with van der Waals surface area (Å²) in [7, 11) is -2.13. The lowest BCUT2D eigenvalue weighted by Gasteiger charge is -2.33. The van der Waals surface area contributed by atoms with Gasteiger partial charge in [0.25, 0.3) is 0 Å². The van der Waals surface area contributed by atoms with Crippen LogP contribution in [0.1, 0.15) is 42.5 Å². The van der Waals surface area contributed by atoms with Crippen LogP contribution in [-0.4, -0.2) is 48.2 Å². The fourth-order valence-corrected chi connectivity index (χ4v) is 5.46. The second-order valence-electron chi connectivity index (χ2n) is 6.54. The Bertz CT molecular complexity index is 896. The first kappa shape index (κ1) is 17.4. The van der Waals surface area contributed by atoms with E-state index in [1.165, 1.54) is 4.31 Å². The summed E-state index contributed by atoms with van der Waals surface area (Å²) in [6, 6.07) is 4.94. The topological polar surface area (TPSA) is 97.4 Å². The molecule has 0 aliphatic carbocycles. The van der Waals surface area contributed by atoms with Crippen molar-refractivity contribution in [1.29, 1.82) is 0 Å². The lowest BCUT2D eigenvalue weighted by molar-refractivity contribution is 0.177. The predicted octanol–water partition coefficient (Wildman–Crippen LogP) is 1.80. The minimum Gasteiger partial charge on any atom is -0.492 e. The van der Waals surface area contributed by atoms with Gasteiger partial charge < -0.3 is 9.47 Å². The summed E-state index contributed by atoms with van der Waals surface area (Å²) in [5, 5.41) is 7.06. The highest BCUT2D eigenvalue weighted by Crippen LogP contribution is 2.39. The molecule has 26 heavy (non-hydrogen) atoms. The third kappa shape index (κ3) is 3.00. The van der Waals surface area contributed by atoms with E-state index in [-0.39, 0.29) is 10.9 Å². The number of benzene rings is 1. The van der Waals surface area contributed by atoms with Crippen molar-refractivity contribution in [3.63, 3.8) is 0 Å². The van der Waals surface area contributed by atoms with Gasteiger partial charge in [0.2, 0.25) is 10.0 Å². The molecule has 2 aliphatic rings. The number of methoxy groups -OCH3 is 1. The number of ether oxygens (including phenoxy) is 2. The van der Waals surface area contributed by atoms with Crippen LogP contribution in [0.25, 0.3) is 0 Å². The van der Waals surface area contributed by atoms with Crippen LogP contribution in [0.2, 0.25) is 0 Å². The van der Waals surface area contributed by atoms with Gasteiger partial charge in [-0.05, 0) is 24.5 Å². The molecule has 1 aromatic carbocycles. The van der Waals surface area contributed by atoms with E-state index in [0.29, 0.717) is 43.6 Å². The summed E-state index contributed by atoms with van der Waals surface area (Å²) in [5.74, 6) is 1.58. The summed E-state index contributed by atoms with van der Waals surface area (Å²) in [6.07, 6.45) is 3.19. The van der Waals surface area contributed by atoms with E-state index in [1.807, 2.05) is 6.07 Å². The molecule has 2 aliphatic heterocycles. The van der Waals surface area contributed by atoms with E-state index < -0.39 is 10.0 Å². The first-order valence-corrected chi connectivity index (χ1v) is 10.2. The van der Waals surface area contributed by atoms with E-state index in [2.05, 4.69) is 15.2 Å². The molecular formula is C17H22N4O4S. The van der Waals surface area contributed by atoms with Crippen LogP contribution >= 0.6 is 0 Å². The molecule has 1 N–H and O–H groups in total. The minimum atomic E-state index is -3.70. The number of hydrogen-bond acceptors (Lipinski definition) is 6. The monoisotopic (exact) mass is 378 g/mol. The minimum absolute atomic E-state index is 0.243. The molecule has 3 heterocycles. The molecule has 1 fully saturated rings. The Morgan fingerprint density at radius 2 is 2.27 bits per heavy atom. The molecule has 1 atom stereocenters. The normalized spacial score (nSPS) is 20.7. The van der Waals surface area contributed by atoms with Crippen molar-refractivity contribution in [2.24, 2.45) is 0 Å². The van der Waals surface area contributed by atoms with Gasteiger partial charge in [0.15, 0.2) is 11.6 Å². The molecule has 0 radical (unpaired) electrons. The maximum absolute atomic E-state index is 13.4. The summed E-state index contributed by atoms with van der Waals surface area (Å²) in [4.78, 5) is 4.67. The summed E-state index contributed by atoms with van der Waals surface area (Å²) in [5.41, 5.74) is 0.944. The fourth-order valence-electron chi connectivity index (χ4n) is 3.63.